The van der Waals surface area contributed by atoms with Gasteiger partial charge in [0.2, 0.25) is 0 Å². The van der Waals surface area contributed by atoms with E-state index in [1.54, 1.807) is 0 Å². The Morgan fingerprint density at radius 3 is 0.969 bits per heavy atom. The van der Waals surface area contributed by atoms with Crippen molar-refractivity contribution in [2.45, 2.75) is 232 Å². The number of carboxylic acids is 2. The molecule has 0 aliphatic carbocycles. The van der Waals surface area contributed by atoms with E-state index in [-0.39, 0.29) is 87.1 Å². The molecule has 2 atom stereocenters. The number of carboxylic acid groups (broad SMARTS) is 2. The van der Waals surface area contributed by atoms with E-state index in [1.807, 2.05) is 60.7 Å². The van der Waals surface area contributed by atoms with Crippen molar-refractivity contribution in [3.63, 3.8) is 0 Å². The van der Waals surface area contributed by atoms with E-state index < -0.39 is 23.9 Å². The number of carbonyl (C=O) groups excluding carboxylic acids is 4. The summed E-state index contributed by atoms with van der Waals surface area (Å²) in [7, 11) is 0. The predicted octanol–water partition coefficient (Wildman–Crippen LogP) is 11.1. The second-order valence-electron chi connectivity index (χ2n) is 17.4. The van der Waals surface area contributed by atoms with Crippen LogP contribution in [0, 0.1) is 0 Å². The fourth-order valence-electron chi connectivity index (χ4n) is 7.60. The third-order valence-corrected chi connectivity index (χ3v) is 11.4. The Kier molecular flexibility index (Phi) is 45.3. The van der Waals surface area contributed by atoms with Crippen molar-refractivity contribution in [1.29, 1.82) is 0 Å². The normalized spacial score (nSPS) is 11.7. The van der Waals surface area contributed by atoms with Gasteiger partial charge >= 0.3 is 60.8 Å². The number of aliphatic carboxylic acids is 2. The maximum absolute atomic E-state index is 12.1. The molecule has 0 N–H and O–H groups in total. The van der Waals surface area contributed by atoms with Crippen molar-refractivity contribution in [1.82, 2.24) is 0 Å². The SMILES string of the molecule is CCCCCCCCCCCCCCC(CCC(=O)[O-])OC(=O)COCc1ccccc1.CCCCCCCCCCCCCCC(CCC(=O)[O-])OC(=O)COCc1ccccc1.[Ba+2]. The second-order valence-corrected chi connectivity index (χ2v) is 17.4. The van der Waals surface area contributed by atoms with Gasteiger partial charge in [0.25, 0.3) is 0 Å². The first-order chi connectivity index (χ1) is 31.2. The van der Waals surface area contributed by atoms with Crippen LogP contribution in [-0.4, -0.2) is 98.2 Å². The first-order valence-corrected chi connectivity index (χ1v) is 25.2. The molecule has 0 saturated heterocycles. The van der Waals surface area contributed by atoms with Crippen LogP contribution in [0.25, 0.3) is 0 Å². The number of hydrogen-bond donors (Lipinski definition) is 0. The molecule has 0 spiro atoms. The van der Waals surface area contributed by atoms with Crippen molar-refractivity contribution >= 4 is 72.8 Å². The number of carbonyl (C=O) groups is 4. The molecule has 2 unspecified atom stereocenters. The summed E-state index contributed by atoms with van der Waals surface area (Å²) < 4.78 is 21.8. The molecule has 0 heterocycles. The number of unbranched alkanes of at least 4 members (excludes halogenated alkanes) is 22. The second kappa shape index (κ2) is 46.9. The monoisotopic (exact) mass is 1030 g/mol. The predicted molar refractivity (Wildman–Crippen MR) is 258 cm³/mol. The van der Waals surface area contributed by atoms with Crippen molar-refractivity contribution < 1.29 is 48.3 Å². The molecule has 0 saturated carbocycles. The van der Waals surface area contributed by atoms with Crippen LogP contribution in [0.5, 0.6) is 0 Å². The third-order valence-electron chi connectivity index (χ3n) is 11.4. The fourth-order valence-corrected chi connectivity index (χ4v) is 7.60. The first-order valence-electron chi connectivity index (χ1n) is 25.2. The number of rotatable bonds is 42. The third kappa shape index (κ3) is 42.9. The van der Waals surface area contributed by atoms with E-state index in [1.165, 1.54) is 128 Å². The smallest absolute Gasteiger partial charge is 0.550 e. The van der Waals surface area contributed by atoms with Gasteiger partial charge in [-0.15, -0.1) is 0 Å². The van der Waals surface area contributed by atoms with E-state index in [4.69, 9.17) is 18.9 Å². The van der Waals surface area contributed by atoms with Gasteiger partial charge in [0.05, 0.1) is 13.2 Å². The van der Waals surface area contributed by atoms with Gasteiger partial charge < -0.3 is 38.7 Å². The van der Waals surface area contributed by atoms with Crippen LogP contribution in [0.15, 0.2) is 60.7 Å². The Bertz CT molecular complexity index is 1290. The molecule has 0 aliphatic rings. The van der Waals surface area contributed by atoms with E-state index in [0.717, 1.165) is 36.8 Å². The van der Waals surface area contributed by atoms with Crippen molar-refractivity contribution in [3.05, 3.63) is 71.8 Å². The van der Waals surface area contributed by atoms with Gasteiger partial charge in [-0.1, -0.05) is 216 Å². The minimum Gasteiger partial charge on any atom is -0.550 e. The van der Waals surface area contributed by atoms with Crippen LogP contribution < -0.4 is 10.2 Å². The van der Waals surface area contributed by atoms with E-state index in [9.17, 15) is 29.4 Å². The molecule has 2 rings (SSSR count). The van der Waals surface area contributed by atoms with E-state index >= 15 is 0 Å². The Morgan fingerprint density at radius 1 is 0.415 bits per heavy atom. The molecule has 0 aromatic heterocycles. The van der Waals surface area contributed by atoms with E-state index in [2.05, 4.69) is 13.8 Å². The Balaban J connectivity index is 0.00000124. The van der Waals surface area contributed by atoms with E-state index in [0.29, 0.717) is 38.9 Å². The zero-order valence-corrected chi connectivity index (χ0v) is 45.2. The molecule has 2 aromatic rings. The molecule has 0 radical (unpaired) electrons. The van der Waals surface area contributed by atoms with Gasteiger partial charge in [0.15, 0.2) is 0 Å². The number of hydrogen-bond acceptors (Lipinski definition) is 10. The molecular weight excluding hydrogens is 946 g/mol. The Labute approximate surface area is 434 Å². The van der Waals surface area contributed by atoms with Crippen LogP contribution in [0.4, 0.5) is 0 Å². The van der Waals surface area contributed by atoms with Crippen molar-refractivity contribution in [2.75, 3.05) is 13.2 Å². The maximum atomic E-state index is 12.1. The standard InChI is InChI=1S/2C27H44O5.Ba/c2*1-2-3-4-5-6-7-8-9-10-11-12-16-19-25(20-21-26(28)29)32-27(30)23-31-22-24-17-14-13-15-18-24;/h2*13-15,17-18,25H,2-12,16,19-23H2,1H3,(H,28,29);/q;;+2/p-2. The van der Waals surface area contributed by atoms with Crippen molar-refractivity contribution in [2.24, 2.45) is 0 Å². The van der Waals surface area contributed by atoms with Crippen LogP contribution in [0.3, 0.4) is 0 Å². The molecule has 65 heavy (non-hydrogen) atoms. The molecule has 11 heteroatoms. The van der Waals surface area contributed by atoms with Gasteiger partial charge in [-0.05, 0) is 62.5 Å². The fraction of sp³-hybridized carbons (Fsp3) is 0.704. The summed E-state index contributed by atoms with van der Waals surface area (Å²) in [5, 5.41) is 21.6. The zero-order valence-electron chi connectivity index (χ0n) is 40.8. The van der Waals surface area contributed by atoms with Gasteiger partial charge in [-0.25, -0.2) is 9.59 Å². The summed E-state index contributed by atoms with van der Waals surface area (Å²) in [5.41, 5.74) is 1.98. The zero-order chi connectivity index (χ0) is 46.6. The molecular formula is C54H86BaO10. The quantitative estimate of drug-likeness (QED) is 0.0357. The maximum Gasteiger partial charge on any atom is 2.00 e. The Morgan fingerprint density at radius 2 is 0.692 bits per heavy atom. The minimum atomic E-state index is -1.11. The van der Waals surface area contributed by atoms with Crippen molar-refractivity contribution in [3.8, 4) is 0 Å². The summed E-state index contributed by atoms with van der Waals surface area (Å²) >= 11 is 0. The average molecular weight is 1030 g/mol. The largest absolute Gasteiger partial charge is 2.00 e. The first kappa shape index (κ1) is 62.8. The van der Waals surface area contributed by atoms with Gasteiger partial charge in [-0.2, -0.15) is 0 Å². The number of esters is 2. The van der Waals surface area contributed by atoms with Crippen LogP contribution >= 0.6 is 0 Å². The van der Waals surface area contributed by atoms with Crippen LogP contribution in [0.1, 0.15) is 218 Å². The molecule has 0 amide bonds. The summed E-state index contributed by atoms with van der Waals surface area (Å²) in [6.07, 6.45) is 31.3. The Hall–Kier alpha value is -2.19. The number of ether oxygens (including phenoxy) is 4. The topological polar surface area (TPSA) is 151 Å². The molecule has 0 fully saturated rings. The molecule has 0 bridgehead atoms. The van der Waals surface area contributed by atoms with Gasteiger partial charge in [0.1, 0.15) is 25.4 Å². The van der Waals surface area contributed by atoms with Gasteiger partial charge in [0, 0.05) is 11.9 Å². The van der Waals surface area contributed by atoms with Gasteiger partial charge in [-0.3, -0.25) is 0 Å². The molecule has 10 nitrogen and oxygen atoms in total. The average Bonchev–Trinajstić information content (AvgIpc) is 3.28. The summed E-state index contributed by atoms with van der Waals surface area (Å²) in [5.74, 6) is -3.10. The summed E-state index contributed by atoms with van der Waals surface area (Å²) in [4.78, 5) is 45.8. The van der Waals surface area contributed by atoms with Crippen LogP contribution in [0.2, 0.25) is 0 Å². The summed E-state index contributed by atoms with van der Waals surface area (Å²) in [6, 6.07) is 19.3. The number of benzene rings is 2. The molecule has 364 valence electrons. The minimum absolute atomic E-state index is 0. The van der Waals surface area contributed by atoms with Crippen LogP contribution in [-0.2, 0) is 51.3 Å². The molecule has 2 aromatic carbocycles. The molecule has 0 aliphatic heterocycles. The summed E-state index contributed by atoms with van der Waals surface area (Å²) in [6.45, 7) is 4.93.